The van der Waals surface area contributed by atoms with Gasteiger partial charge in [0.2, 0.25) is 5.91 Å². The van der Waals surface area contributed by atoms with Crippen molar-refractivity contribution in [3.63, 3.8) is 0 Å². The van der Waals surface area contributed by atoms with E-state index in [1.165, 1.54) is 24.6 Å². The van der Waals surface area contributed by atoms with Crippen molar-refractivity contribution in [1.82, 2.24) is 25.2 Å². The van der Waals surface area contributed by atoms with Crippen LogP contribution in [0.3, 0.4) is 0 Å². The van der Waals surface area contributed by atoms with Crippen LogP contribution in [-0.4, -0.2) is 36.9 Å². The molecule has 0 radical (unpaired) electrons. The van der Waals surface area contributed by atoms with Crippen LogP contribution in [0.2, 0.25) is 0 Å². The van der Waals surface area contributed by atoms with E-state index >= 15 is 0 Å². The lowest BCUT2D eigenvalue weighted by Crippen LogP contribution is -2.15. The van der Waals surface area contributed by atoms with E-state index in [0.29, 0.717) is 23.2 Å². The Morgan fingerprint density at radius 1 is 1.41 bits per heavy atom. The van der Waals surface area contributed by atoms with E-state index in [1.807, 2.05) is 10.7 Å². The molecule has 1 N–H and O–H groups in total. The van der Waals surface area contributed by atoms with E-state index in [-0.39, 0.29) is 5.91 Å². The number of hydrogen-bond acceptors (Lipinski definition) is 6. The van der Waals surface area contributed by atoms with Crippen LogP contribution in [0.15, 0.2) is 24.5 Å². The molecule has 1 amide bonds. The fraction of sp³-hybridized carbons (Fsp3) is 0.500. The van der Waals surface area contributed by atoms with Crippen molar-refractivity contribution >= 4 is 23.4 Å². The SMILES string of the molecule is O=C(CSCc1nnnn1C1CCCC1)Nc1cccnc1. The standard InChI is InChI=1S/C14H18N6OS/c21-14(16-11-4-3-7-15-8-11)10-22-9-13-17-18-19-20(13)12-5-1-2-6-12/h3-4,7-8,12H,1-2,5-6,9-10H2,(H,16,21). The largest absolute Gasteiger partial charge is 0.324 e. The highest BCUT2D eigenvalue weighted by atomic mass is 32.2. The molecule has 2 aromatic heterocycles. The zero-order valence-corrected chi connectivity index (χ0v) is 13.0. The Morgan fingerprint density at radius 2 is 2.27 bits per heavy atom. The quantitative estimate of drug-likeness (QED) is 0.877. The Kier molecular flexibility index (Phi) is 4.99. The molecule has 8 heteroatoms. The maximum absolute atomic E-state index is 11.9. The Bertz CT molecular complexity index is 611. The second-order valence-electron chi connectivity index (χ2n) is 5.26. The molecule has 0 saturated heterocycles. The Hall–Kier alpha value is -1.96. The van der Waals surface area contributed by atoms with Crippen molar-refractivity contribution < 1.29 is 4.79 Å². The van der Waals surface area contributed by atoms with Gasteiger partial charge in [-0.05, 0) is 35.4 Å². The van der Waals surface area contributed by atoms with E-state index in [1.54, 1.807) is 18.5 Å². The molecule has 0 bridgehead atoms. The third kappa shape index (κ3) is 3.82. The highest BCUT2D eigenvalue weighted by molar-refractivity contribution is 7.99. The smallest absolute Gasteiger partial charge is 0.234 e. The second kappa shape index (κ2) is 7.35. The Morgan fingerprint density at radius 3 is 3.05 bits per heavy atom. The minimum absolute atomic E-state index is 0.0436. The van der Waals surface area contributed by atoms with Gasteiger partial charge in [-0.25, -0.2) is 4.68 Å². The highest BCUT2D eigenvalue weighted by Gasteiger charge is 2.21. The summed E-state index contributed by atoms with van der Waals surface area (Å²) in [6, 6.07) is 4.03. The lowest BCUT2D eigenvalue weighted by Gasteiger charge is -2.11. The first-order valence-corrected chi connectivity index (χ1v) is 8.53. The molecule has 2 heterocycles. The van der Waals surface area contributed by atoms with Crippen molar-refractivity contribution in [3.8, 4) is 0 Å². The molecule has 2 aromatic rings. The van der Waals surface area contributed by atoms with Gasteiger partial charge in [0, 0.05) is 6.20 Å². The average Bonchev–Trinajstić information content (AvgIpc) is 3.19. The number of pyridine rings is 1. The van der Waals surface area contributed by atoms with Gasteiger partial charge in [0.1, 0.15) is 0 Å². The summed E-state index contributed by atoms with van der Waals surface area (Å²) in [5.41, 5.74) is 0.712. The number of tetrazole rings is 1. The van der Waals surface area contributed by atoms with Gasteiger partial charge in [0.15, 0.2) is 5.82 Å². The molecule has 0 aliphatic heterocycles. The van der Waals surface area contributed by atoms with E-state index in [4.69, 9.17) is 0 Å². The number of nitrogens with zero attached hydrogens (tertiary/aromatic N) is 5. The van der Waals surface area contributed by atoms with Crippen LogP contribution in [0.1, 0.15) is 37.5 Å². The summed E-state index contributed by atoms with van der Waals surface area (Å²) in [7, 11) is 0. The summed E-state index contributed by atoms with van der Waals surface area (Å²) >= 11 is 1.52. The normalized spacial score (nSPS) is 15.1. The predicted octanol–water partition coefficient (Wildman–Crippen LogP) is 2.06. The molecule has 22 heavy (non-hydrogen) atoms. The van der Waals surface area contributed by atoms with Gasteiger partial charge in [-0.3, -0.25) is 9.78 Å². The average molecular weight is 318 g/mol. The maximum Gasteiger partial charge on any atom is 0.234 e. The molecule has 1 aliphatic rings. The topological polar surface area (TPSA) is 85.6 Å². The first-order chi connectivity index (χ1) is 10.8. The van der Waals surface area contributed by atoms with Gasteiger partial charge in [-0.1, -0.05) is 12.8 Å². The van der Waals surface area contributed by atoms with Gasteiger partial charge in [0.25, 0.3) is 0 Å². The van der Waals surface area contributed by atoms with Gasteiger partial charge < -0.3 is 5.32 Å². The van der Waals surface area contributed by atoms with E-state index in [0.717, 1.165) is 18.7 Å². The monoisotopic (exact) mass is 318 g/mol. The number of rotatable bonds is 6. The van der Waals surface area contributed by atoms with E-state index in [2.05, 4.69) is 25.8 Å². The zero-order valence-electron chi connectivity index (χ0n) is 12.2. The molecule has 1 fully saturated rings. The molecule has 1 saturated carbocycles. The molecule has 1 aliphatic carbocycles. The molecule has 3 rings (SSSR count). The Balaban J connectivity index is 1.47. The van der Waals surface area contributed by atoms with Crippen LogP contribution in [0, 0.1) is 0 Å². The number of amides is 1. The van der Waals surface area contributed by atoms with Crippen molar-refractivity contribution in [2.75, 3.05) is 11.1 Å². The fourth-order valence-corrected chi connectivity index (χ4v) is 3.34. The number of hydrogen-bond donors (Lipinski definition) is 1. The van der Waals surface area contributed by atoms with E-state index in [9.17, 15) is 4.79 Å². The molecule has 116 valence electrons. The van der Waals surface area contributed by atoms with Crippen molar-refractivity contribution in [3.05, 3.63) is 30.4 Å². The van der Waals surface area contributed by atoms with Crippen LogP contribution in [0.4, 0.5) is 5.69 Å². The maximum atomic E-state index is 11.9. The van der Waals surface area contributed by atoms with Gasteiger partial charge in [-0.15, -0.1) is 16.9 Å². The summed E-state index contributed by atoms with van der Waals surface area (Å²) in [5, 5.41) is 14.8. The highest BCUT2D eigenvalue weighted by Crippen LogP contribution is 2.29. The van der Waals surface area contributed by atoms with Crippen LogP contribution >= 0.6 is 11.8 Å². The van der Waals surface area contributed by atoms with Gasteiger partial charge >= 0.3 is 0 Å². The summed E-state index contributed by atoms with van der Waals surface area (Å²) in [6.07, 6.45) is 8.07. The molecule has 0 aromatic carbocycles. The van der Waals surface area contributed by atoms with Gasteiger partial charge in [0.05, 0.1) is 29.4 Å². The second-order valence-corrected chi connectivity index (χ2v) is 6.25. The molecule has 0 unspecified atom stereocenters. The lowest BCUT2D eigenvalue weighted by molar-refractivity contribution is -0.113. The summed E-state index contributed by atoms with van der Waals surface area (Å²) in [6.45, 7) is 0. The first-order valence-electron chi connectivity index (χ1n) is 7.37. The molecule has 0 spiro atoms. The molecular weight excluding hydrogens is 300 g/mol. The predicted molar refractivity (Wildman–Crippen MR) is 84.4 cm³/mol. The van der Waals surface area contributed by atoms with Crippen molar-refractivity contribution in [2.24, 2.45) is 0 Å². The molecule has 7 nitrogen and oxygen atoms in total. The number of nitrogens with one attached hydrogen (secondary N) is 1. The number of carbonyl (C=O) groups is 1. The number of anilines is 1. The van der Waals surface area contributed by atoms with Crippen LogP contribution in [0.5, 0.6) is 0 Å². The Labute approximate surface area is 132 Å². The number of aromatic nitrogens is 5. The van der Waals surface area contributed by atoms with E-state index < -0.39 is 0 Å². The van der Waals surface area contributed by atoms with Crippen molar-refractivity contribution in [1.29, 1.82) is 0 Å². The summed E-state index contributed by atoms with van der Waals surface area (Å²) < 4.78 is 1.93. The molecular formula is C14H18N6OS. The molecule has 0 atom stereocenters. The van der Waals surface area contributed by atoms with Crippen LogP contribution in [-0.2, 0) is 10.5 Å². The lowest BCUT2D eigenvalue weighted by atomic mass is 10.2. The third-order valence-corrected chi connectivity index (χ3v) is 4.57. The summed E-state index contributed by atoms with van der Waals surface area (Å²) in [4.78, 5) is 15.8. The first kappa shape index (κ1) is 15.0. The minimum atomic E-state index is -0.0436. The van der Waals surface area contributed by atoms with Crippen molar-refractivity contribution in [2.45, 2.75) is 37.5 Å². The minimum Gasteiger partial charge on any atom is -0.324 e. The van der Waals surface area contributed by atoms with Crippen LogP contribution < -0.4 is 5.32 Å². The number of carbonyl (C=O) groups excluding carboxylic acids is 1. The summed E-state index contributed by atoms with van der Waals surface area (Å²) in [5.74, 6) is 1.82. The fourth-order valence-electron chi connectivity index (χ4n) is 2.61. The van der Waals surface area contributed by atoms with Gasteiger partial charge in [-0.2, -0.15) is 0 Å². The number of thioether (sulfide) groups is 1. The third-order valence-electron chi connectivity index (χ3n) is 3.64. The van der Waals surface area contributed by atoms with Crippen LogP contribution in [0.25, 0.3) is 0 Å². The zero-order chi connectivity index (χ0) is 15.2.